The van der Waals surface area contributed by atoms with E-state index >= 15 is 0 Å². The molecule has 23 heavy (non-hydrogen) atoms. The Morgan fingerprint density at radius 3 is 2.39 bits per heavy atom. The van der Waals surface area contributed by atoms with Gasteiger partial charge < -0.3 is 4.74 Å². The lowest BCUT2D eigenvalue weighted by Gasteiger charge is -2.10. The molecular weight excluding hydrogens is 381 g/mol. The van der Waals surface area contributed by atoms with E-state index in [1.807, 2.05) is 0 Å². The lowest BCUT2D eigenvalue weighted by Crippen LogP contribution is -2.29. The summed E-state index contributed by atoms with van der Waals surface area (Å²) in [7, 11) is -3.50. The molecule has 0 aliphatic carbocycles. The maximum absolute atomic E-state index is 12.0. The fraction of sp³-hybridized carbons (Fsp3) is 0.200. The Morgan fingerprint density at radius 2 is 1.65 bits per heavy atom. The smallest absolute Gasteiger partial charge is 0.215 e. The quantitative estimate of drug-likeness (QED) is 0.718. The Morgan fingerprint density at radius 1 is 0.957 bits per heavy atom. The number of hydrogen-bond acceptors (Lipinski definition) is 3. The standard InChI is InChI=1S/C15H14Cl3NO3S/c16-12-5-2-1-4-11(12)10-23(20,21)19-8-9-22-14-7-3-6-13(17)15(14)18/h1-7,19H,8-10H2. The van der Waals surface area contributed by atoms with E-state index in [1.165, 1.54) is 0 Å². The fourth-order valence-electron chi connectivity index (χ4n) is 1.82. The summed E-state index contributed by atoms with van der Waals surface area (Å²) in [6.07, 6.45) is 0. The molecule has 2 aromatic rings. The lowest BCUT2D eigenvalue weighted by atomic mass is 10.2. The van der Waals surface area contributed by atoms with Gasteiger partial charge in [-0.25, -0.2) is 13.1 Å². The van der Waals surface area contributed by atoms with Crippen LogP contribution < -0.4 is 9.46 Å². The summed E-state index contributed by atoms with van der Waals surface area (Å²) in [6, 6.07) is 11.8. The Hall–Kier alpha value is -0.980. The molecule has 0 aromatic heterocycles. The second kappa shape index (κ2) is 8.22. The summed E-state index contributed by atoms with van der Waals surface area (Å²) in [6.45, 7) is 0.234. The Balaban J connectivity index is 1.86. The molecule has 0 heterocycles. The minimum atomic E-state index is -3.50. The highest BCUT2D eigenvalue weighted by Gasteiger charge is 2.13. The highest BCUT2D eigenvalue weighted by atomic mass is 35.5. The zero-order valence-electron chi connectivity index (χ0n) is 11.9. The summed E-state index contributed by atoms with van der Waals surface area (Å²) < 4.78 is 31.9. The van der Waals surface area contributed by atoms with Gasteiger partial charge in [-0.2, -0.15) is 0 Å². The molecule has 0 saturated carbocycles. The Kier molecular flexibility index (Phi) is 6.56. The van der Waals surface area contributed by atoms with Crippen LogP contribution >= 0.6 is 34.8 Å². The van der Waals surface area contributed by atoms with Crippen molar-refractivity contribution in [1.82, 2.24) is 4.72 Å². The first kappa shape index (κ1) is 18.4. The van der Waals surface area contributed by atoms with Crippen LogP contribution in [0.3, 0.4) is 0 Å². The van der Waals surface area contributed by atoms with Gasteiger partial charge in [-0.3, -0.25) is 0 Å². The van der Waals surface area contributed by atoms with E-state index in [4.69, 9.17) is 39.5 Å². The zero-order valence-corrected chi connectivity index (χ0v) is 15.0. The molecule has 2 aromatic carbocycles. The highest BCUT2D eigenvalue weighted by molar-refractivity contribution is 7.88. The van der Waals surface area contributed by atoms with Crippen molar-refractivity contribution in [3.8, 4) is 5.75 Å². The van der Waals surface area contributed by atoms with Gasteiger partial charge in [0.2, 0.25) is 10.0 Å². The second-order valence-corrected chi connectivity index (χ2v) is 7.64. The maximum Gasteiger partial charge on any atom is 0.215 e. The van der Waals surface area contributed by atoms with Crippen LogP contribution in [-0.4, -0.2) is 21.6 Å². The molecule has 1 N–H and O–H groups in total. The van der Waals surface area contributed by atoms with Gasteiger partial charge in [-0.05, 0) is 23.8 Å². The van der Waals surface area contributed by atoms with Crippen LogP contribution in [0.4, 0.5) is 0 Å². The number of benzene rings is 2. The summed E-state index contributed by atoms with van der Waals surface area (Å²) in [4.78, 5) is 0. The fourth-order valence-corrected chi connectivity index (χ4v) is 3.61. The van der Waals surface area contributed by atoms with Crippen molar-refractivity contribution in [3.63, 3.8) is 0 Å². The van der Waals surface area contributed by atoms with Gasteiger partial charge >= 0.3 is 0 Å². The van der Waals surface area contributed by atoms with Crippen molar-refractivity contribution >= 4 is 44.8 Å². The van der Waals surface area contributed by atoms with E-state index in [0.29, 0.717) is 26.4 Å². The molecule has 0 amide bonds. The van der Waals surface area contributed by atoms with Gasteiger partial charge in [-0.15, -0.1) is 0 Å². The molecule has 0 radical (unpaired) electrons. The Bertz CT molecular complexity index is 781. The molecule has 0 unspecified atom stereocenters. The molecule has 4 nitrogen and oxygen atoms in total. The first-order chi connectivity index (χ1) is 10.9. The van der Waals surface area contributed by atoms with Crippen molar-refractivity contribution in [3.05, 3.63) is 63.1 Å². The van der Waals surface area contributed by atoms with Gasteiger partial charge in [0.05, 0.1) is 10.8 Å². The molecule has 0 fully saturated rings. The summed E-state index contributed by atoms with van der Waals surface area (Å²) in [5.41, 5.74) is 0.542. The number of halogens is 3. The molecule has 0 bridgehead atoms. The van der Waals surface area contributed by atoms with Gasteiger partial charge in [0.15, 0.2) is 0 Å². The van der Waals surface area contributed by atoms with Gasteiger partial charge in [0.1, 0.15) is 17.4 Å². The predicted molar refractivity (Wildman–Crippen MR) is 94.0 cm³/mol. The molecular formula is C15H14Cl3NO3S. The number of sulfonamides is 1. The molecule has 124 valence electrons. The van der Waals surface area contributed by atoms with E-state index in [0.717, 1.165) is 0 Å². The number of nitrogens with one attached hydrogen (secondary N) is 1. The molecule has 0 aliphatic heterocycles. The van der Waals surface area contributed by atoms with Gasteiger partial charge in [0, 0.05) is 11.6 Å². The van der Waals surface area contributed by atoms with Crippen molar-refractivity contribution in [2.24, 2.45) is 0 Å². The third kappa shape index (κ3) is 5.55. The van der Waals surface area contributed by atoms with E-state index in [1.54, 1.807) is 42.5 Å². The lowest BCUT2D eigenvalue weighted by molar-refractivity contribution is 0.323. The normalized spacial score (nSPS) is 11.4. The van der Waals surface area contributed by atoms with Crippen LogP contribution in [0, 0.1) is 0 Å². The van der Waals surface area contributed by atoms with Crippen LogP contribution in [-0.2, 0) is 15.8 Å². The Labute approximate surface area is 150 Å². The first-order valence-corrected chi connectivity index (χ1v) is 9.45. The average molecular weight is 395 g/mol. The first-order valence-electron chi connectivity index (χ1n) is 6.66. The third-order valence-corrected chi connectivity index (χ3v) is 5.41. The molecule has 0 atom stereocenters. The topological polar surface area (TPSA) is 55.4 Å². The van der Waals surface area contributed by atoms with E-state index in [2.05, 4.69) is 4.72 Å². The molecule has 0 saturated heterocycles. The minimum absolute atomic E-state index is 0.107. The molecule has 2 rings (SSSR count). The van der Waals surface area contributed by atoms with E-state index < -0.39 is 10.0 Å². The predicted octanol–water partition coefficient (Wildman–Crippen LogP) is 4.15. The van der Waals surface area contributed by atoms with E-state index in [9.17, 15) is 8.42 Å². The van der Waals surface area contributed by atoms with Crippen LogP contribution in [0.1, 0.15) is 5.56 Å². The molecule has 8 heteroatoms. The van der Waals surface area contributed by atoms with Crippen molar-refractivity contribution < 1.29 is 13.2 Å². The number of ether oxygens (including phenoxy) is 1. The number of hydrogen-bond donors (Lipinski definition) is 1. The number of rotatable bonds is 7. The summed E-state index contributed by atoms with van der Waals surface area (Å²) >= 11 is 17.8. The SMILES string of the molecule is O=S(=O)(Cc1ccccc1Cl)NCCOc1cccc(Cl)c1Cl. The average Bonchev–Trinajstić information content (AvgIpc) is 2.50. The molecule has 0 aliphatic rings. The van der Waals surface area contributed by atoms with Crippen molar-refractivity contribution in [2.75, 3.05) is 13.2 Å². The van der Waals surface area contributed by atoms with Crippen LogP contribution in [0.15, 0.2) is 42.5 Å². The summed E-state index contributed by atoms with van der Waals surface area (Å²) in [5, 5.41) is 1.09. The zero-order chi connectivity index (χ0) is 16.9. The van der Waals surface area contributed by atoms with Crippen LogP contribution in [0.25, 0.3) is 0 Å². The minimum Gasteiger partial charge on any atom is -0.491 e. The van der Waals surface area contributed by atoms with E-state index in [-0.39, 0.29) is 18.9 Å². The van der Waals surface area contributed by atoms with Gasteiger partial charge in [-0.1, -0.05) is 59.1 Å². The van der Waals surface area contributed by atoms with Crippen LogP contribution in [0.5, 0.6) is 5.75 Å². The molecule has 0 spiro atoms. The van der Waals surface area contributed by atoms with Gasteiger partial charge in [0.25, 0.3) is 0 Å². The third-order valence-electron chi connectivity index (χ3n) is 2.90. The monoisotopic (exact) mass is 393 g/mol. The van der Waals surface area contributed by atoms with Crippen molar-refractivity contribution in [1.29, 1.82) is 0 Å². The van der Waals surface area contributed by atoms with Crippen molar-refractivity contribution in [2.45, 2.75) is 5.75 Å². The largest absolute Gasteiger partial charge is 0.491 e. The summed E-state index contributed by atoms with van der Waals surface area (Å²) in [5.74, 6) is 0.217. The second-order valence-electron chi connectivity index (χ2n) is 4.65. The highest BCUT2D eigenvalue weighted by Crippen LogP contribution is 2.31. The van der Waals surface area contributed by atoms with Crippen LogP contribution in [0.2, 0.25) is 15.1 Å². The maximum atomic E-state index is 12.0.